The molecule has 2 N–H and O–H groups in total. The second kappa shape index (κ2) is 6.98. The Morgan fingerprint density at radius 3 is 2.12 bits per heavy atom. The molecule has 140 valence electrons. The molecule has 0 spiro atoms. The standard InChI is InChI=1S/C12H4Cl2F6N4OS/c13-5-1-4(25-11(15,16)17)2-6(14)8(5)24-10(22)9(7(3-21)23-24)26-12(18,19)20/h1-2H,22H2. The van der Waals surface area contributed by atoms with E-state index in [1.165, 1.54) is 6.07 Å². The zero-order valence-electron chi connectivity index (χ0n) is 11.9. The van der Waals surface area contributed by atoms with Crippen LogP contribution in [0.5, 0.6) is 5.75 Å². The van der Waals surface area contributed by atoms with Crippen molar-refractivity contribution in [3.63, 3.8) is 0 Å². The van der Waals surface area contributed by atoms with Gasteiger partial charge in [0, 0.05) is 12.1 Å². The maximum atomic E-state index is 12.6. The van der Waals surface area contributed by atoms with Gasteiger partial charge in [-0.3, -0.25) is 0 Å². The largest absolute Gasteiger partial charge is 0.573 e. The average molecular weight is 437 g/mol. The molecule has 2 aromatic rings. The van der Waals surface area contributed by atoms with Crippen molar-refractivity contribution in [2.75, 3.05) is 5.73 Å². The van der Waals surface area contributed by atoms with Gasteiger partial charge >= 0.3 is 11.9 Å². The molecular formula is C12H4Cl2F6N4OS. The Labute approximate surface area is 155 Å². The van der Waals surface area contributed by atoms with Gasteiger partial charge in [-0.25, -0.2) is 4.68 Å². The second-order valence-corrected chi connectivity index (χ2v) is 6.31. The van der Waals surface area contributed by atoms with Crippen LogP contribution in [-0.2, 0) is 0 Å². The smallest absolute Gasteiger partial charge is 0.406 e. The van der Waals surface area contributed by atoms with Crippen LogP contribution in [0.25, 0.3) is 5.69 Å². The molecular weight excluding hydrogens is 433 g/mol. The minimum Gasteiger partial charge on any atom is -0.406 e. The number of aromatic nitrogens is 2. The molecule has 0 fully saturated rings. The predicted molar refractivity (Wildman–Crippen MR) is 81.3 cm³/mol. The van der Waals surface area contributed by atoms with Gasteiger partial charge in [0.05, 0.1) is 14.9 Å². The average Bonchev–Trinajstić information content (AvgIpc) is 2.72. The number of nitrogens with zero attached hydrogens (tertiary/aromatic N) is 3. The minimum absolute atomic E-state index is 0.314. The summed E-state index contributed by atoms with van der Waals surface area (Å²) < 4.78 is 78.9. The van der Waals surface area contributed by atoms with Crippen LogP contribution in [0.2, 0.25) is 10.0 Å². The molecule has 26 heavy (non-hydrogen) atoms. The fourth-order valence-electron chi connectivity index (χ4n) is 1.81. The summed E-state index contributed by atoms with van der Waals surface area (Å²) in [6.07, 6.45) is -5.01. The van der Waals surface area contributed by atoms with Crippen LogP contribution in [0.1, 0.15) is 5.69 Å². The van der Waals surface area contributed by atoms with Crippen LogP contribution >= 0.6 is 35.0 Å². The fraction of sp³-hybridized carbons (Fsp3) is 0.167. The van der Waals surface area contributed by atoms with Gasteiger partial charge in [0.2, 0.25) is 0 Å². The van der Waals surface area contributed by atoms with E-state index in [1.807, 2.05) is 0 Å². The number of nitrogens with two attached hydrogens (primary N) is 1. The number of nitriles is 1. The Bertz CT molecular complexity index is 867. The first kappa shape index (κ1) is 20.3. The van der Waals surface area contributed by atoms with E-state index < -0.39 is 55.8 Å². The van der Waals surface area contributed by atoms with Crippen molar-refractivity contribution < 1.29 is 31.1 Å². The Balaban J connectivity index is 2.58. The number of nitrogen functional groups attached to an aromatic ring is 1. The van der Waals surface area contributed by atoms with Gasteiger partial charge in [0.15, 0.2) is 5.69 Å². The minimum atomic E-state index is -5.01. The maximum absolute atomic E-state index is 12.6. The molecule has 0 bridgehead atoms. The van der Waals surface area contributed by atoms with E-state index >= 15 is 0 Å². The third-order valence-electron chi connectivity index (χ3n) is 2.64. The molecule has 0 atom stereocenters. The summed E-state index contributed by atoms with van der Waals surface area (Å²) in [5.41, 5.74) is -0.136. The Kier molecular flexibility index (Phi) is 5.46. The summed E-state index contributed by atoms with van der Waals surface area (Å²) in [5, 5.41) is 11.6. The normalized spacial score (nSPS) is 12.1. The van der Waals surface area contributed by atoms with E-state index in [9.17, 15) is 26.3 Å². The highest BCUT2D eigenvalue weighted by molar-refractivity contribution is 8.00. The van der Waals surface area contributed by atoms with Gasteiger partial charge in [-0.15, -0.1) is 13.2 Å². The van der Waals surface area contributed by atoms with Gasteiger partial charge in [-0.1, -0.05) is 23.2 Å². The number of hydrogen-bond donors (Lipinski definition) is 1. The molecule has 5 nitrogen and oxygen atoms in total. The van der Waals surface area contributed by atoms with E-state index in [-0.39, 0.29) is 5.69 Å². The molecule has 2 rings (SSSR count). The molecule has 0 saturated heterocycles. The first-order valence-electron chi connectivity index (χ1n) is 6.12. The number of alkyl halides is 6. The van der Waals surface area contributed by atoms with Crippen molar-refractivity contribution in [1.29, 1.82) is 5.26 Å². The van der Waals surface area contributed by atoms with Crippen LogP contribution < -0.4 is 10.5 Å². The van der Waals surface area contributed by atoms with Crippen LogP contribution in [0.4, 0.5) is 32.2 Å². The quantitative estimate of drug-likeness (QED) is 0.532. The SMILES string of the molecule is N#Cc1nn(-c2c(Cl)cc(OC(F)(F)F)cc2Cl)c(N)c1SC(F)(F)F. The number of halogens is 8. The lowest BCUT2D eigenvalue weighted by atomic mass is 10.3. The summed E-state index contributed by atoms with van der Waals surface area (Å²) in [7, 11) is 0. The first-order valence-corrected chi connectivity index (χ1v) is 7.69. The highest BCUT2D eigenvalue weighted by Crippen LogP contribution is 2.44. The van der Waals surface area contributed by atoms with Crippen LogP contribution in [-0.4, -0.2) is 21.7 Å². The molecule has 0 radical (unpaired) electrons. The molecule has 0 amide bonds. The topological polar surface area (TPSA) is 76.9 Å². The highest BCUT2D eigenvalue weighted by Gasteiger charge is 2.35. The molecule has 1 aromatic carbocycles. The molecule has 0 saturated carbocycles. The number of ether oxygens (including phenoxy) is 1. The summed E-state index contributed by atoms with van der Waals surface area (Å²) in [6, 6.07) is 2.88. The van der Waals surface area contributed by atoms with Crippen LogP contribution in [0.15, 0.2) is 17.0 Å². The summed E-state index contributed by atoms with van der Waals surface area (Å²) in [4.78, 5) is -0.692. The van der Waals surface area contributed by atoms with E-state index in [0.29, 0.717) is 4.68 Å². The monoisotopic (exact) mass is 436 g/mol. The Morgan fingerprint density at radius 2 is 1.69 bits per heavy atom. The molecule has 0 aliphatic rings. The zero-order valence-corrected chi connectivity index (χ0v) is 14.2. The summed E-state index contributed by atoms with van der Waals surface area (Å²) in [5.74, 6) is -1.37. The summed E-state index contributed by atoms with van der Waals surface area (Å²) in [6.45, 7) is 0. The van der Waals surface area contributed by atoms with E-state index in [1.54, 1.807) is 0 Å². The van der Waals surface area contributed by atoms with E-state index in [0.717, 1.165) is 12.1 Å². The van der Waals surface area contributed by atoms with Crippen LogP contribution in [0, 0.1) is 11.3 Å². The number of rotatable bonds is 3. The molecule has 1 aromatic heterocycles. The highest BCUT2D eigenvalue weighted by atomic mass is 35.5. The maximum Gasteiger partial charge on any atom is 0.573 e. The summed E-state index contributed by atoms with van der Waals surface area (Å²) >= 11 is 11.0. The Morgan fingerprint density at radius 1 is 1.15 bits per heavy atom. The number of thioether (sulfide) groups is 1. The number of anilines is 1. The third kappa shape index (κ3) is 4.60. The Hall–Kier alpha value is -1.97. The van der Waals surface area contributed by atoms with Gasteiger partial charge in [0.1, 0.15) is 23.3 Å². The van der Waals surface area contributed by atoms with Crippen molar-refractivity contribution in [3.8, 4) is 17.5 Å². The van der Waals surface area contributed by atoms with Crippen molar-refractivity contribution in [2.24, 2.45) is 0 Å². The molecule has 0 aliphatic heterocycles. The van der Waals surface area contributed by atoms with Crippen molar-refractivity contribution in [3.05, 3.63) is 27.9 Å². The van der Waals surface area contributed by atoms with Gasteiger partial charge in [0.25, 0.3) is 0 Å². The van der Waals surface area contributed by atoms with Gasteiger partial charge in [-0.2, -0.15) is 23.5 Å². The molecule has 1 heterocycles. The van der Waals surface area contributed by atoms with Gasteiger partial charge in [-0.05, 0) is 11.8 Å². The number of hydrogen-bond acceptors (Lipinski definition) is 5. The number of benzene rings is 1. The van der Waals surface area contributed by atoms with E-state index in [2.05, 4.69) is 9.84 Å². The lowest BCUT2D eigenvalue weighted by molar-refractivity contribution is -0.274. The zero-order chi connectivity index (χ0) is 19.9. The van der Waals surface area contributed by atoms with Crippen molar-refractivity contribution in [1.82, 2.24) is 9.78 Å². The van der Waals surface area contributed by atoms with Crippen LogP contribution in [0.3, 0.4) is 0 Å². The fourth-order valence-corrected chi connectivity index (χ4v) is 3.05. The predicted octanol–water partition coefficient (Wildman–Crippen LogP) is 5.14. The van der Waals surface area contributed by atoms with E-state index in [4.69, 9.17) is 34.2 Å². The molecule has 0 unspecified atom stereocenters. The van der Waals surface area contributed by atoms with Crippen molar-refractivity contribution in [2.45, 2.75) is 16.8 Å². The lowest BCUT2D eigenvalue weighted by Gasteiger charge is -2.13. The first-order chi connectivity index (χ1) is 11.8. The lowest BCUT2D eigenvalue weighted by Crippen LogP contribution is -2.17. The molecule has 14 heteroatoms. The second-order valence-electron chi connectivity index (χ2n) is 4.42. The third-order valence-corrected chi connectivity index (χ3v) is 4.05. The van der Waals surface area contributed by atoms with Gasteiger partial charge < -0.3 is 10.5 Å². The van der Waals surface area contributed by atoms with Crippen molar-refractivity contribution >= 4 is 40.8 Å². The molecule has 0 aliphatic carbocycles.